The van der Waals surface area contributed by atoms with E-state index in [1.54, 1.807) is 0 Å². The minimum absolute atomic E-state index is 0.333. The number of likely N-dealkylation sites (tertiary alicyclic amines) is 1. The summed E-state index contributed by atoms with van der Waals surface area (Å²) in [6.07, 6.45) is 9.76. The molecule has 1 saturated carbocycles. The molecule has 0 amide bonds. The maximum absolute atomic E-state index is 10.8. The fourth-order valence-electron chi connectivity index (χ4n) is 3.78. The molecule has 104 valence electrons. The van der Waals surface area contributed by atoms with E-state index < -0.39 is 5.97 Å². The minimum Gasteiger partial charge on any atom is -0.481 e. The van der Waals surface area contributed by atoms with Crippen LogP contribution in [-0.2, 0) is 4.79 Å². The first-order chi connectivity index (χ1) is 8.63. The van der Waals surface area contributed by atoms with Gasteiger partial charge in [0.15, 0.2) is 0 Å². The van der Waals surface area contributed by atoms with Crippen LogP contribution in [-0.4, -0.2) is 35.6 Å². The van der Waals surface area contributed by atoms with Crippen LogP contribution >= 0.6 is 0 Å². The molecule has 1 spiro atoms. The van der Waals surface area contributed by atoms with Crippen LogP contribution in [0.5, 0.6) is 0 Å². The lowest BCUT2D eigenvalue weighted by molar-refractivity contribution is -0.138. The molecule has 0 bridgehead atoms. The molecule has 0 aromatic rings. The van der Waals surface area contributed by atoms with Gasteiger partial charge in [-0.25, -0.2) is 0 Å². The summed E-state index contributed by atoms with van der Waals surface area (Å²) in [7, 11) is 0. The molecule has 0 aromatic carbocycles. The molecule has 18 heavy (non-hydrogen) atoms. The van der Waals surface area contributed by atoms with Gasteiger partial charge >= 0.3 is 5.97 Å². The van der Waals surface area contributed by atoms with Crippen molar-refractivity contribution in [3.8, 4) is 0 Å². The summed E-state index contributed by atoms with van der Waals surface area (Å²) in [4.78, 5) is 13.3. The van der Waals surface area contributed by atoms with Crippen molar-refractivity contribution in [3.63, 3.8) is 0 Å². The highest BCUT2D eigenvalue weighted by atomic mass is 16.4. The average Bonchev–Trinajstić information content (AvgIpc) is 2.52. The molecular formula is C15H27NO2. The smallest absolute Gasteiger partial charge is 0.303 e. The number of aliphatic carboxylic acids is 1. The van der Waals surface area contributed by atoms with Gasteiger partial charge in [0.2, 0.25) is 0 Å². The van der Waals surface area contributed by atoms with Crippen molar-refractivity contribution in [2.45, 2.75) is 58.3 Å². The molecule has 3 nitrogen and oxygen atoms in total. The Morgan fingerprint density at radius 2 is 1.83 bits per heavy atom. The van der Waals surface area contributed by atoms with E-state index in [2.05, 4.69) is 11.8 Å². The van der Waals surface area contributed by atoms with Gasteiger partial charge in [-0.1, -0.05) is 39.0 Å². The van der Waals surface area contributed by atoms with Crippen molar-refractivity contribution < 1.29 is 9.90 Å². The zero-order valence-corrected chi connectivity index (χ0v) is 11.7. The zero-order chi connectivity index (χ0) is 13.0. The highest BCUT2D eigenvalue weighted by Crippen LogP contribution is 2.43. The van der Waals surface area contributed by atoms with E-state index in [0.29, 0.717) is 17.8 Å². The zero-order valence-electron chi connectivity index (χ0n) is 11.7. The van der Waals surface area contributed by atoms with Gasteiger partial charge < -0.3 is 10.0 Å². The van der Waals surface area contributed by atoms with Gasteiger partial charge in [0.1, 0.15) is 0 Å². The molecule has 2 rings (SSSR count). The van der Waals surface area contributed by atoms with Gasteiger partial charge in [0.25, 0.3) is 0 Å². The lowest BCUT2D eigenvalue weighted by Crippen LogP contribution is -2.57. The lowest BCUT2D eigenvalue weighted by atomic mass is 9.73. The number of carboxylic acid groups (broad SMARTS) is 1. The molecule has 1 N–H and O–H groups in total. The summed E-state index contributed by atoms with van der Waals surface area (Å²) in [6, 6.07) is 0. The van der Waals surface area contributed by atoms with Crippen molar-refractivity contribution in [1.29, 1.82) is 0 Å². The third-order valence-corrected chi connectivity index (χ3v) is 4.84. The SMILES string of the molecule is CCC(CC(=O)O)CN1CC2(CCCCCC2)C1. The third kappa shape index (κ3) is 3.47. The van der Waals surface area contributed by atoms with Gasteiger partial charge in [0, 0.05) is 26.1 Å². The number of hydrogen-bond donors (Lipinski definition) is 1. The molecular weight excluding hydrogens is 226 g/mol. The Balaban J connectivity index is 1.75. The van der Waals surface area contributed by atoms with Crippen LogP contribution in [0.15, 0.2) is 0 Å². The molecule has 1 aliphatic carbocycles. The molecule has 0 aromatic heterocycles. The van der Waals surface area contributed by atoms with Crippen LogP contribution in [0.2, 0.25) is 0 Å². The molecule has 2 aliphatic rings. The van der Waals surface area contributed by atoms with Crippen LogP contribution in [0.4, 0.5) is 0 Å². The minimum atomic E-state index is -0.647. The highest BCUT2D eigenvalue weighted by Gasteiger charge is 2.42. The topological polar surface area (TPSA) is 40.5 Å². The Kier molecular flexibility index (Phi) is 4.66. The summed E-state index contributed by atoms with van der Waals surface area (Å²) in [5, 5.41) is 8.88. The summed E-state index contributed by atoms with van der Waals surface area (Å²) < 4.78 is 0. The summed E-state index contributed by atoms with van der Waals surface area (Å²) in [5.41, 5.74) is 0.609. The van der Waals surface area contributed by atoms with Crippen LogP contribution in [0, 0.1) is 11.3 Å². The van der Waals surface area contributed by atoms with Gasteiger partial charge in [-0.2, -0.15) is 0 Å². The summed E-state index contributed by atoms with van der Waals surface area (Å²) >= 11 is 0. The fourth-order valence-corrected chi connectivity index (χ4v) is 3.78. The van der Waals surface area contributed by atoms with E-state index in [0.717, 1.165) is 13.0 Å². The van der Waals surface area contributed by atoms with E-state index >= 15 is 0 Å². The molecule has 3 heteroatoms. The quantitative estimate of drug-likeness (QED) is 0.818. The van der Waals surface area contributed by atoms with E-state index in [4.69, 9.17) is 5.11 Å². The Hall–Kier alpha value is -0.570. The second kappa shape index (κ2) is 6.05. The van der Waals surface area contributed by atoms with Crippen LogP contribution in [0.1, 0.15) is 58.3 Å². The van der Waals surface area contributed by atoms with Crippen molar-refractivity contribution >= 4 is 5.97 Å². The predicted molar refractivity (Wildman–Crippen MR) is 72.6 cm³/mol. The van der Waals surface area contributed by atoms with Gasteiger partial charge in [-0.3, -0.25) is 4.79 Å². The molecule has 1 saturated heterocycles. The second-order valence-electron chi connectivity index (χ2n) is 6.46. The molecule has 0 radical (unpaired) electrons. The first-order valence-electron chi connectivity index (χ1n) is 7.58. The van der Waals surface area contributed by atoms with Gasteiger partial charge in [-0.05, 0) is 24.2 Å². The largest absolute Gasteiger partial charge is 0.481 e. The molecule has 1 aliphatic heterocycles. The van der Waals surface area contributed by atoms with E-state index in [9.17, 15) is 4.79 Å². The lowest BCUT2D eigenvalue weighted by Gasteiger charge is -2.51. The number of carboxylic acids is 1. The molecule has 1 atom stereocenters. The first-order valence-corrected chi connectivity index (χ1v) is 7.58. The highest BCUT2D eigenvalue weighted by molar-refractivity contribution is 5.67. The summed E-state index contributed by atoms with van der Waals surface area (Å²) in [5.74, 6) is -0.308. The maximum Gasteiger partial charge on any atom is 0.303 e. The van der Waals surface area contributed by atoms with Crippen molar-refractivity contribution in [2.24, 2.45) is 11.3 Å². The predicted octanol–water partition coefficient (Wildman–Crippen LogP) is 3.14. The van der Waals surface area contributed by atoms with Crippen LogP contribution in [0.3, 0.4) is 0 Å². The van der Waals surface area contributed by atoms with Crippen molar-refractivity contribution in [3.05, 3.63) is 0 Å². The second-order valence-corrected chi connectivity index (χ2v) is 6.46. The van der Waals surface area contributed by atoms with E-state index in [1.165, 1.54) is 51.6 Å². The Morgan fingerprint density at radius 1 is 1.22 bits per heavy atom. The molecule has 1 heterocycles. The van der Waals surface area contributed by atoms with Gasteiger partial charge in [0.05, 0.1) is 0 Å². The normalized spacial score (nSPS) is 25.4. The molecule has 1 unspecified atom stereocenters. The number of rotatable bonds is 5. The monoisotopic (exact) mass is 253 g/mol. The number of carbonyl (C=O) groups is 1. The van der Waals surface area contributed by atoms with E-state index in [-0.39, 0.29) is 0 Å². The maximum atomic E-state index is 10.8. The Bertz CT molecular complexity index is 274. The van der Waals surface area contributed by atoms with Crippen molar-refractivity contribution in [1.82, 2.24) is 4.90 Å². The van der Waals surface area contributed by atoms with E-state index in [1.807, 2.05) is 0 Å². The average molecular weight is 253 g/mol. The Labute approximate surface area is 111 Å². The van der Waals surface area contributed by atoms with Crippen molar-refractivity contribution in [2.75, 3.05) is 19.6 Å². The number of hydrogen-bond acceptors (Lipinski definition) is 2. The van der Waals surface area contributed by atoms with Crippen LogP contribution < -0.4 is 0 Å². The third-order valence-electron chi connectivity index (χ3n) is 4.84. The standard InChI is InChI=1S/C15H27NO2/c1-2-13(9-14(17)18)10-16-11-15(12-16)7-5-3-4-6-8-15/h13H,2-12H2,1H3,(H,17,18). The number of nitrogens with zero attached hydrogens (tertiary/aromatic N) is 1. The summed E-state index contributed by atoms with van der Waals surface area (Å²) in [6.45, 7) is 5.55. The van der Waals surface area contributed by atoms with Crippen LogP contribution in [0.25, 0.3) is 0 Å². The Morgan fingerprint density at radius 3 is 2.33 bits per heavy atom. The van der Waals surface area contributed by atoms with Gasteiger partial charge in [-0.15, -0.1) is 0 Å². The fraction of sp³-hybridized carbons (Fsp3) is 0.933. The molecule has 2 fully saturated rings. The first kappa shape index (κ1) is 13.9.